The van der Waals surface area contributed by atoms with E-state index in [9.17, 15) is 8.78 Å². The van der Waals surface area contributed by atoms with Gasteiger partial charge in [0.15, 0.2) is 0 Å². The maximum Gasteiger partial charge on any atom is 0.387 e. The van der Waals surface area contributed by atoms with E-state index in [0.29, 0.717) is 12.2 Å². The van der Waals surface area contributed by atoms with E-state index in [-0.39, 0.29) is 0 Å². The summed E-state index contributed by atoms with van der Waals surface area (Å²) in [5.74, 6) is 0.373. The minimum Gasteiger partial charge on any atom is -0.439 e. The summed E-state index contributed by atoms with van der Waals surface area (Å²) >= 11 is 0. The van der Waals surface area contributed by atoms with Crippen LogP contribution in [0.3, 0.4) is 0 Å². The summed E-state index contributed by atoms with van der Waals surface area (Å²) < 4.78 is 27.2. The molecule has 3 heteroatoms. The van der Waals surface area contributed by atoms with Gasteiger partial charge in [-0.25, -0.2) is 0 Å². The van der Waals surface area contributed by atoms with Gasteiger partial charge < -0.3 is 4.74 Å². The second-order valence-electron chi connectivity index (χ2n) is 1.98. The smallest absolute Gasteiger partial charge is 0.387 e. The molecule has 56 valence electrons. The fourth-order valence-electron chi connectivity index (χ4n) is 0.793. The molecule has 10 heavy (non-hydrogen) atoms. The van der Waals surface area contributed by atoms with Crippen molar-refractivity contribution in [3.63, 3.8) is 0 Å². The SMILES string of the molecule is FC(F)OC1=CC=CCC1. The minimum absolute atomic E-state index is 0.373. The summed E-state index contributed by atoms with van der Waals surface area (Å²) in [6.45, 7) is -2.68. The van der Waals surface area contributed by atoms with Crippen LogP contribution in [0.25, 0.3) is 0 Å². The summed E-state index contributed by atoms with van der Waals surface area (Å²) in [5.41, 5.74) is 0. The van der Waals surface area contributed by atoms with Crippen molar-refractivity contribution in [2.24, 2.45) is 0 Å². The number of ether oxygens (including phenoxy) is 1. The van der Waals surface area contributed by atoms with Crippen molar-refractivity contribution >= 4 is 0 Å². The molecule has 0 aliphatic heterocycles. The van der Waals surface area contributed by atoms with Crippen molar-refractivity contribution < 1.29 is 13.5 Å². The molecule has 0 N–H and O–H groups in total. The molecule has 0 atom stereocenters. The van der Waals surface area contributed by atoms with Crippen LogP contribution in [0.2, 0.25) is 0 Å². The molecule has 0 bridgehead atoms. The topological polar surface area (TPSA) is 9.23 Å². The zero-order chi connectivity index (χ0) is 7.40. The van der Waals surface area contributed by atoms with Crippen molar-refractivity contribution in [2.75, 3.05) is 0 Å². The van der Waals surface area contributed by atoms with Gasteiger partial charge in [-0.15, -0.1) is 0 Å². The highest BCUT2D eigenvalue weighted by Gasteiger charge is 2.06. The lowest BCUT2D eigenvalue weighted by Crippen LogP contribution is -2.00. The molecule has 1 aliphatic carbocycles. The van der Waals surface area contributed by atoms with Gasteiger partial charge in [0.25, 0.3) is 0 Å². The minimum atomic E-state index is -2.68. The largest absolute Gasteiger partial charge is 0.439 e. The van der Waals surface area contributed by atoms with Gasteiger partial charge in [-0.05, 0) is 12.5 Å². The van der Waals surface area contributed by atoms with E-state index in [0.717, 1.165) is 6.42 Å². The molecule has 0 heterocycles. The van der Waals surface area contributed by atoms with E-state index in [1.807, 2.05) is 6.08 Å². The number of halogens is 2. The molecule has 0 aromatic rings. The van der Waals surface area contributed by atoms with Gasteiger partial charge in [0.1, 0.15) is 5.76 Å². The molecule has 0 saturated carbocycles. The highest BCUT2D eigenvalue weighted by Crippen LogP contribution is 2.15. The van der Waals surface area contributed by atoms with E-state index in [1.54, 1.807) is 12.2 Å². The Morgan fingerprint density at radius 2 is 2.30 bits per heavy atom. The molecular formula is C7H8F2O. The molecule has 0 radical (unpaired) electrons. The first-order valence-corrected chi connectivity index (χ1v) is 3.09. The van der Waals surface area contributed by atoms with Crippen molar-refractivity contribution in [1.29, 1.82) is 0 Å². The van der Waals surface area contributed by atoms with Gasteiger partial charge in [-0.1, -0.05) is 12.2 Å². The third-order valence-electron chi connectivity index (χ3n) is 1.22. The molecule has 0 fully saturated rings. The highest BCUT2D eigenvalue weighted by molar-refractivity contribution is 5.12. The lowest BCUT2D eigenvalue weighted by molar-refractivity contribution is -0.0984. The van der Waals surface area contributed by atoms with Crippen molar-refractivity contribution in [3.05, 3.63) is 24.0 Å². The molecule has 1 rings (SSSR count). The summed E-state index contributed by atoms with van der Waals surface area (Å²) in [4.78, 5) is 0. The van der Waals surface area contributed by atoms with Crippen LogP contribution in [0.4, 0.5) is 8.78 Å². The van der Waals surface area contributed by atoms with Crippen molar-refractivity contribution in [3.8, 4) is 0 Å². The zero-order valence-corrected chi connectivity index (χ0v) is 5.39. The molecule has 1 aliphatic rings. The van der Waals surface area contributed by atoms with Gasteiger partial charge in [-0.3, -0.25) is 0 Å². The van der Waals surface area contributed by atoms with E-state index in [1.165, 1.54) is 0 Å². The van der Waals surface area contributed by atoms with E-state index in [2.05, 4.69) is 4.74 Å². The fourth-order valence-corrected chi connectivity index (χ4v) is 0.793. The van der Waals surface area contributed by atoms with Crippen molar-refractivity contribution in [1.82, 2.24) is 0 Å². The third-order valence-corrected chi connectivity index (χ3v) is 1.22. The van der Waals surface area contributed by atoms with Crippen LogP contribution < -0.4 is 0 Å². The normalized spacial score (nSPS) is 17.3. The Balaban J connectivity index is 2.39. The molecule has 0 saturated heterocycles. The summed E-state index contributed by atoms with van der Waals surface area (Å²) in [6.07, 6.45) is 6.58. The highest BCUT2D eigenvalue weighted by atomic mass is 19.3. The Labute approximate surface area is 58.0 Å². The Bertz CT molecular complexity index is 161. The average molecular weight is 146 g/mol. The number of allylic oxidation sites excluding steroid dienone is 4. The van der Waals surface area contributed by atoms with Crippen LogP contribution in [-0.2, 0) is 4.74 Å². The van der Waals surface area contributed by atoms with Crippen LogP contribution in [-0.4, -0.2) is 6.61 Å². The summed E-state index contributed by atoms with van der Waals surface area (Å²) in [7, 11) is 0. The molecule has 0 unspecified atom stereocenters. The first-order valence-electron chi connectivity index (χ1n) is 3.09. The van der Waals surface area contributed by atoms with E-state index in [4.69, 9.17) is 0 Å². The fraction of sp³-hybridized carbons (Fsp3) is 0.429. The second-order valence-corrected chi connectivity index (χ2v) is 1.98. The maximum atomic E-state index is 11.5. The standard InChI is InChI=1S/C7H8F2O/c8-7(9)10-6-4-2-1-3-5-6/h1-2,4,7H,3,5H2. The van der Waals surface area contributed by atoms with Crippen LogP contribution in [0, 0.1) is 0 Å². The quantitative estimate of drug-likeness (QED) is 0.581. The first-order chi connectivity index (χ1) is 4.79. The van der Waals surface area contributed by atoms with E-state index >= 15 is 0 Å². The van der Waals surface area contributed by atoms with Crippen LogP contribution in [0.15, 0.2) is 24.0 Å². The summed E-state index contributed by atoms with van der Waals surface area (Å²) in [5, 5.41) is 0. The van der Waals surface area contributed by atoms with Gasteiger partial charge in [0, 0.05) is 6.42 Å². The summed E-state index contributed by atoms with van der Waals surface area (Å²) in [6, 6.07) is 0. The van der Waals surface area contributed by atoms with Crippen LogP contribution >= 0.6 is 0 Å². The Kier molecular flexibility index (Phi) is 2.42. The first kappa shape index (κ1) is 7.25. The predicted octanol–water partition coefficient (Wildman–Crippen LogP) is 2.46. The molecule has 1 nitrogen and oxygen atoms in total. The zero-order valence-electron chi connectivity index (χ0n) is 5.39. The molecule has 0 spiro atoms. The average Bonchev–Trinajstić information content (AvgIpc) is 1.88. The number of rotatable bonds is 2. The number of hydrogen-bond donors (Lipinski definition) is 0. The van der Waals surface area contributed by atoms with Gasteiger partial charge >= 0.3 is 6.61 Å². The molecular weight excluding hydrogens is 138 g/mol. The van der Waals surface area contributed by atoms with Crippen LogP contribution in [0.5, 0.6) is 0 Å². The van der Waals surface area contributed by atoms with Gasteiger partial charge in [0.05, 0.1) is 0 Å². The Morgan fingerprint density at radius 3 is 2.80 bits per heavy atom. The number of alkyl halides is 2. The maximum absolute atomic E-state index is 11.5. The number of hydrogen-bond acceptors (Lipinski definition) is 1. The Hall–Kier alpha value is -0.860. The lowest BCUT2D eigenvalue weighted by atomic mass is 10.2. The third kappa shape index (κ3) is 2.17. The second kappa shape index (κ2) is 3.34. The molecule has 0 amide bonds. The van der Waals surface area contributed by atoms with Gasteiger partial charge in [0.2, 0.25) is 0 Å². The Morgan fingerprint density at radius 1 is 1.50 bits per heavy atom. The molecule has 0 aromatic carbocycles. The van der Waals surface area contributed by atoms with Gasteiger partial charge in [-0.2, -0.15) is 8.78 Å². The molecule has 0 aromatic heterocycles. The van der Waals surface area contributed by atoms with E-state index < -0.39 is 6.61 Å². The lowest BCUT2D eigenvalue weighted by Gasteiger charge is -2.09. The predicted molar refractivity (Wildman–Crippen MR) is 33.5 cm³/mol. The van der Waals surface area contributed by atoms with Crippen LogP contribution in [0.1, 0.15) is 12.8 Å². The monoisotopic (exact) mass is 146 g/mol. The van der Waals surface area contributed by atoms with Crippen molar-refractivity contribution in [2.45, 2.75) is 19.5 Å².